The SMILES string of the molecule is CCOC(=O)C1=CCc2ccccc2OC1=O. The normalized spacial score (nSPS) is 14.2. The van der Waals surface area contributed by atoms with Crippen LogP contribution in [0.5, 0.6) is 5.75 Å². The third kappa shape index (κ3) is 2.36. The molecule has 1 aromatic carbocycles. The number of carbonyl (C=O) groups is 2. The summed E-state index contributed by atoms with van der Waals surface area (Å²) < 4.78 is 9.93. The highest BCUT2D eigenvalue weighted by atomic mass is 16.6. The minimum Gasteiger partial charge on any atom is -0.462 e. The number of hydrogen-bond donors (Lipinski definition) is 0. The predicted octanol–water partition coefficient (Wildman–Crippen LogP) is 1.64. The van der Waals surface area contributed by atoms with Gasteiger partial charge >= 0.3 is 11.9 Å². The van der Waals surface area contributed by atoms with Gasteiger partial charge in [0, 0.05) is 0 Å². The number of esters is 2. The van der Waals surface area contributed by atoms with E-state index in [1.54, 1.807) is 25.1 Å². The van der Waals surface area contributed by atoms with Crippen molar-refractivity contribution in [3.8, 4) is 5.75 Å². The van der Waals surface area contributed by atoms with Gasteiger partial charge in [-0.3, -0.25) is 0 Å². The molecule has 0 saturated heterocycles. The molecule has 0 N–H and O–H groups in total. The van der Waals surface area contributed by atoms with E-state index in [0.29, 0.717) is 12.2 Å². The topological polar surface area (TPSA) is 52.6 Å². The van der Waals surface area contributed by atoms with E-state index in [0.717, 1.165) is 5.56 Å². The number of fused-ring (bicyclic) bond motifs is 1. The average molecular weight is 232 g/mol. The fourth-order valence-corrected chi connectivity index (χ4v) is 1.60. The van der Waals surface area contributed by atoms with Gasteiger partial charge in [-0.1, -0.05) is 24.3 Å². The molecule has 2 rings (SSSR count). The molecule has 0 amide bonds. The van der Waals surface area contributed by atoms with Crippen molar-refractivity contribution in [2.75, 3.05) is 6.61 Å². The van der Waals surface area contributed by atoms with Crippen LogP contribution in [0.1, 0.15) is 12.5 Å². The van der Waals surface area contributed by atoms with Crippen LogP contribution in [-0.4, -0.2) is 18.5 Å². The van der Waals surface area contributed by atoms with E-state index in [1.807, 2.05) is 12.1 Å². The molecule has 0 saturated carbocycles. The number of benzene rings is 1. The molecule has 88 valence electrons. The summed E-state index contributed by atoms with van der Waals surface area (Å²) in [5.41, 5.74) is 0.836. The van der Waals surface area contributed by atoms with E-state index in [4.69, 9.17) is 9.47 Å². The van der Waals surface area contributed by atoms with Gasteiger partial charge in [-0.15, -0.1) is 0 Å². The van der Waals surface area contributed by atoms with E-state index >= 15 is 0 Å². The predicted molar refractivity (Wildman–Crippen MR) is 60.5 cm³/mol. The van der Waals surface area contributed by atoms with Gasteiger partial charge in [-0.2, -0.15) is 0 Å². The Hall–Kier alpha value is -2.10. The van der Waals surface area contributed by atoms with Crippen molar-refractivity contribution in [2.24, 2.45) is 0 Å². The highest BCUT2D eigenvalue weighted by Crippen LogP contribution is 2.23. The van der Waals surface area contributed by atoms with Crippen molar-refractivity contribution < 1.29 is 19.1 Å². The van der Waals surface area contributed by atoms with Gasteiger partial charge in [0.2, 0.25) is 0 Å². The van der Waals surface area contributed by atoms with E-state index in [-0.39, 0.29) is 12.2 Å². The van der Waals surface area contributed by atoms with Crippen molar-refractivity contribution in [3.63, 3.8) is 0 Å². The standard InChI is InChI=1S/C13H12O4/c1-2-16-12(14)10-8-7-9-5-3-4-6-11(9)17-13(10)15/h3-6,8H,2,7H2,1H3. The van der Waals surface area contributed by atoms with Crippen molar-refractivity contribution in [3.05, 3.63) is 41.5 Å². The van der Waals surface area contributed by atoms with Gasteiger partial charge in [0.25, 0.3) is 0 Å². The molecule has 0 bridgehead atoms. The monoisotopic (exact) mass is 232 g/mol. The Bertz CT molecular complexity index is 488. The molecule has 1 aromatic rings. The molecule has 4 heteroatoms. The van der Waals surface area contributed by atoms with Crippen molar-refractivity contribution in [2.45, 2.75) is 13.3 Å². The zero-order valence-electron chi connectivity index (χ0n) is 9.43. The van der Waals surface area contributed by atoms with Gasteiger partial charge in [0.1, 0.15) is 11.3 Å². The minimum atomic E-state index is -0.659. The first-order valence-electron chi connectivity index (χ1n) is 5.39. The van der Waals surface area contributed by atoms with Gasteiger partial charge in [0.05, 0.1) is 6.61 Å². The molecule has 0 spiro atoms. The Balaban J connectivity index is 2.27. The van der Waals surface area contributed by atoms with Gasteiger partial charge in [0.15, 0.2) is 0 Å². The van der Waals surface area contributed by atoms with Crippen LogP contribution in [0.2, 0.25) is 0 Å². The second-order valence-electron chi connectivity index (χ2n) is 3.54. The molecule has 1 aliphatic rings. The molecule has 0 aliphatic carbocycles. The Labute approximate surface area is 98.8 Å². The molecule has 17 heavy (non-hydrogen) atoms. The van der Waals surface area contributed by atoms with Crippen molar-refractivity contribution in [1.82, 2.24) is 0 Å². The maximum Gasteiger partial charge on any atom is 0.350 e. The maximum absolute atomic E-state index is 11.7. The summed E-state index contributed by atoms with van der Waals surface area (Å²) in [6, 6.07) is 7.19. The van der Waals surface area contributed by atoms with Crippen LogP contribution in [0, 0.1) is 0 Å². The van der Waals surface area contributed by atoms with Crippen LogP contribution in [0.4, 0.5) is 0 Å². The lowest BCUT2D eigenvalue weighted by Crippen LogP contribution is -2.19. The fraction of sp³-hybridized carbons (Fsp3) is 0.231. The smallest absolute Gasteiger partial charge is 0.350 e. The lowest BCUT2D eigenvalue weighted by Gasteiger charge is -2.05. The van der Waals surface area contributed by atoms with Crippen LogP contribution in [-0.2, 0) is 20.7 Å². The van der Waals surface area contributed by atoms with Crippen molar-refractivity contribution >= 4 is 11.9 Å². The second-order valence-corrected chi connectivity index (χ2v) is 3.54. The first kappa shape index (κ1) is 11.4. The van der Waals surface area contributed by atoms with Crippen LogP contribution in [0.3, 0.4) is 0 Å². The Morgan fingerprint density at radius 1 is 1.41 bits per heavy atom. The zero-order valence-corrected chi connectivity index (χ0v) is 9.43. The van der Waals surface area contributed by atoms with Gasteiger partial charge in [-0.05, 0) is 25.0 Å². The van der Waals surface area contributed by atoms with Crippen LogP contribution in [0.15, 0.2) is 35.9 Å². The summed E-state index contributed by atoms with van der Waals surface area (Å²) in [4.78, 5) is 23.2. The quantitative estimate of drug-likeness (QED) is 0.442. The molecule has 0 fully saturated rings. The molecule has 4 nitrogen and oxygen atoms in total. The lowest BCUT2D eigenvalue weighted by molar-refractivity contribution is -0.142. The molecule has 1 heterocycles. The number of ether oxygens (including phenoxy) is 2. The molecule has 0 radical (unpaired) electrons. The summed E-state index contributed by atoms with van der Waals surface area (Å²) in [5.74, 6) is -0.799. The highest BCUT2D eigenvalue weighted by Gasteiger charge is 2.24. The average Bonchev–Trinajstić information content (AvgIpc) is 2.47. The van der Waals surface area contributed by atoms with Gasteiger partial charge < -0.3 is 9.47 Å². The number of carbonyl (C=O) groups excluding carboxylic acids is 2. The summed E-state index contributed by atoms with van der Waals surface area (Å²) in [7, 11) is 0. The second kappa shape index (κ2) is 4.82. The third-order valence-electron chi connectivity index (χ3n) is 2.42. The Morgan fingerprint density at radius 3 is 2.94 bits per heavy atom. The number of allylic oxidation sites excluding steroid dienone is 1. The van der Waals surface area contributed by atoms with E-state index < -0.39 is 11.9 Å². The third-order valence-corrected chi connectivity index (χ3v) is 2.42. The number of rotatable bonds is 2. The summed E-state index contributed by atoms with van der Waals surface area (Å²) in [6.07, 6.45) is 2.03. The lowest BCUT2D eigenvalue weighted by atomic mass is 10.1. The first-order valence-corrected chi connectivity index (χ1v) is 5.39. The first-order chi connectivity index (χ1) is 8.22. The Kier molecular flexibility index (Phi) is 3.23. The number of hydrogen-bond acceptors (Lipinski definition) is 4. The molecule has 1 aliphatic heterocycles. The van der Waals surface area contributed by atoms with Gasteiger partial charge in [-0.25, -0.2) is 9.59 Å². The molecule has 0 unspecified atom stereocenters. The van der Waals surface area contributed by atoms with Crippen LogP contribution < -0.4 is 4.74 Å². The summed E-state index contributed by atoms with van der Waals surface area (Å²) in [6.45, 7) is 1.92. The highest BCUT2D eigenvalue weighted by molar-refractivity contribution is 6.14. The summed E-state index contributed by atoms with van der Waals surface area (Å²) >= 11 is 0. The van der Waals surface area contributed by atoms with Crippen molar-refractivity contribution in [1.29, 1.82) is 0 Å². The molecule has 0 atom stereocenters. The van der Waals surface area contributed by atoms with E-state index in [1.165, 1.54) is 0 Å². The molecular weight excluding hydrogens is 220 g/mol. The minimum absolute atomic E-state index is 0.0388. The Morgan fingerprint density at radius 2 is 2.18 bits per heavy atom. The van der Waals surface area contributed by atoms with Crippen LogP contribution in [0.25, 0.3) is 0 Å². The van der Waals surface area contributed by atoms with E-state index in [2.05, 4.69) is 0 Å². The maximum atomic E-state index is 11.7. The van der Waals surface area contributed by atoms with Crippen LogP contribution >= 0.6 is 0 Å². The van der Waals surface area contributed by atoms with E-state index in [9.17, 15) is 9.59 Å². The largest absolute Gasteiger partial charge is 0.462 e. The molecular formula is C13H12O4. The molecule has 0 aromatic heterocycles. The zero-order chi connectivity index (χ0) is 12.3. The number of para-hydroxylation sites is 1. The summed E-state index contributed by atoms with van der Waals surface area (Å²) in [5, 5.41) is 0. The fourth-order valence-electron chi connectivity index (χ4n) is 1.60.